The van der Waals surface area contributed by atoms with Crippen LogP contribution >= 0.6 is 0 Å². The Bertz CT molecular complexity index is 827. The number of fused-ring (bicyclic) bond motifs is 2. The fourth-order valence-electron chi connectivity index (χ4n) is 3.95. The standard InChI is InChI=1S/C21H26N4O2/c1-14-17-7-5-8-18(17)24-20(23-14)10-11-22-21(26)25(2)13-16-12-15-6-3-4-9-19(15)27-16/h3-4,6,9,16H,5,7-8,10-13H2,1-2H3,(H,22,26). The van der Waals surface area contributed by atoms with Crippen molar-refractivity contribution in [3.05, 3.63) is 52.6 Å². The highest BCUT2D eigenvalue weighted by atomic mass is 16.5. The number of urea groups is 1. The van der Waals surface area contributed by atoms with Gasteiger partial charge in [0.25, 0.3) is 0 Å². The monoisotopic (exact) mass is 366 g/mol. The van der Waals surface area contributed by atoms with E-state index in [-0.39, 0.29) is 12.1 Å². The fraction of sp³-hybridized carbons (Fsp3) is 0.476. The Morgan fingerprint density at radius 1 is 1.30 bits per heavy atom. The Labute approximate surface area is 160 Å². The number of nitrogens with zero attached hydrogens (tertiary/aromatic N) is 3. The molecule has 27 heavy (non-hydrogen) atoms. The van der Waals surface area contributed by atoms with Gasteiger partial charge in [-0.05, 0) is 43.4 Å². The van der Waals surface area contributed by atoms with Crippen molar-refractivity contribution in [2.45, 2.75) is 45.1 Å². The zero-order chi connectivity index (χ0) is 18.8. The summed E-state index contributed by atoms with van der Waals surface area (Å²) in [4.78, 5) is 23.3. The SMILES string of the molecule is Cc1nc(CCNC(=O)N(C)CC2Cc3ccccc3O2)nc2c1CCC2. The van der Waals surface area contributed by atoms with Crippen LogP contribution in [0.4, 0.5) is 4.79 Å². The number of carbonyl (C=O) groups is 1. The van der Waals surface area contributed by atoms with E-state index in [1.165, 1.54) is 23.2 Å². The lowest BCUT2D eigenvalue weighted by Gasteiger charge is -2.21. The van der Waals surface area contributed by atoms with Crippen LogP contribution in [0, 0.1) is 6.92 Å². The van der Waals surface area contributed by atoms with Gasteiger partial charge in [0.1, 0.15) is 17.7 Å². The van der Waals surface area contributed by atoms with E-state index >= 15 is 0 Å². The molecule has 2 heterocycles. The van der Waals surface area contributed by atoms with E-state index in [4.69, 9.17) is 4.74 Å². The molecule has 2 amide bonds. The number of benzene rings is 1. The van der Waals surface area contributed by atoms with Crippen molar-refractivity contribution in [1.29, 1.82) is 0 Å². The molecule has 1 aliphatic carbocycles. The first-order valence-electron chi connectivity index (χ1n) is 9.69. The molecule has 0 fully saturated rings. The van der Waals surface area contributed by atoms with E-state index in [0.717, 1.165) is 36.5 Å². The summed E-state index contributed by atoms with van der Waals surface area (Å²) in [6.07, 6.45) is 4.82. The highest BCUT2D eigenvalue weighted by Crippen LogP contribution is 2.28. The van der Waals surface area contributed by atoms with Crippen LogP contribution in [0.25, 0.3) is 0 Å². The molecule has 6 heteroatoms. The molecule has 2 aliphatic rings. The number of likely N-dealkylation sites (N-methyl/N-ethyl adjacent to an activating group) is 1. The Morgan fingerprint density at radius 2 is 2.15 bits per heavy atom. The summed E-state index contributed by atoms with van der Waals surface area (Å²) < 4.78 is 5.92. The third-order valence-corrected chi connectivity index (χ3v) is 5.35. The molecule has 0 radical (unpaired) electrons. The highest BCUT2D eigenvalue weighted by molar-refractivity contribution is 5.73. The molecule has 1 aromatic carbocycles. The topological polar surface area (TPSA) is 67.4 Å². The van der Waals surface area contributed by atoms with Crippen LogP contribution < -0.4 is 10.1 Å². The van der Waals surface area contributed by atoms with Crippen LogP contribution in [-0.2, 0) is 25.7 Å². The Morgan fingerprint density at radius 3 is 3.00 bits per heavy atom. The first kappa shape index (κ1) is 17.8. The Balaban J connectivity index is 1.24. The molecule has 0 saturated heterocycles. The van der Waals surface area contributed by atoms with Gasteiger partial charge in [-0.1, -0.05) is 18.2 Å². The van der Waals surface area contributed by atoms with Gasteiger partial charge in [-0.15, -0.1) is 0 Å². The van der Waals surface area contributed by atoms with Gasteiger partial charge >= 0.3 is 6.03 Å². The number of nitrogens with one attached hydrogen (secondary N) is 1. The molecular formula is C21H26N4O2. The van der Waals surface area contributed by atoms with Crippen molar-refractivity contribution >= 4 is 6.03 Å². The predicted molar refractivity (Wildman–Crippen MR) is 103 cm³/mol. The second-order valence-corrected chi connectivity index (χ2v) is 7.42. The van der Waals surface area contributed by atoms with Crippen molar-refractivity contribution in [1.82, 2.24) is 20.2 Å². The van der Waals surface area contributed by atoms with E-state index in [9.17, 15) is 4.79 Å². The quantitative estimate of drug-likeness (QED) is 0.883. The molecule has 2 aromatic rings. The van der Waals surface area contributed by atoms with Gasteiger partial charge in [0.15, 0.2) is 0 Å². The smallest absolute Gasteiger partial charge is 0.317 e. The van der Waals surface area contributed by atoms with Gasteiger partial charge in [-0.25, -0.2) is 14.8 Å². The normalized spacial score (nSPS) is 17.2. The molecule has 1 atom stereocenters. The summed E-state index contributed by atoms with van der Waals surface area (Å²) in [5.74, 6) is 1.76. The predicted octanol–water partition coefficient (Wildman–Crippen LogP) is 2.46. The van der Waals surface area contributed by atoms with Crippen LogP contribution in [0.15, 0.2) is 24.3 Å². The average Bonchev–Trinajstić information content (AvgIpc) is 3.27. The largest absolute Gasteiger partial charge is 0.488 e. The van der Waals surface area contributed by atoms with E-state index in [0.29, 0.717) is 19.5 Å². The third-order valence-electron chi connectivity index (χ3n) is 5.35. The molecule has 0 spiro atoms. The van der Waals surface area contributed by atoms with E-state index in [2.05, 4.69) is 28.3 Å². The minimum Gasteiger partial charge on any atom is -0.488 e. The summed E-state index contributed by atoms with van der Waals surface area (Å²) in [5.41, 5.74) is 4.81. The van der Waals surface area contributed by atoms with Gasteiger partial charge in [0, 0.05) is 37.8 Å². The van der Waals surface area contributed by atoms with E-state index in [1.807, 2.05) is 18.2 Å². The summed E-state index contributed by atoms with van der Waals surface area (Å²) in [6.45, 7) is 3.16. The maximum absolute atomic E-state index is 12.4. The third kappa shape index (κ3) is 3.89. The Kier molecular flexibility index (Phi) is 4.97. The van der Waals surface area contributed by atoms with Crippen molar-refractivity contribution in [3.63, 3.8) is 0 Å². The zero-order valence-electron chi connectivity index (χ0n) is 16.0. The van der Waals surface area contributed by atoms with Crippen LogP contribution in [0.1, 0.15) is 34.8 Å². The lowest BCUT2D eigenvalue weighted by Crippen LogP contribution is -2.43. The second-order valence-electron chi connectivity index (χ2n) is 7.42. The number of hydrogen-bond acceptors (Lipinski definition) is 4. The van der Waals surface area contributed by atoms with Gasteiger partial charge in [-0.2, -0.15) is 0 Å². The molecule has 1 unspecified atom stereocenters. The van der Waals surface area contributed by atoms with E-state index in [1.54, 1.807) is 11.9 Å². The lowest BCUT2D eigenvalue weighted by atomic mass is 10.1. The summed E-state index contributed by atoms with van der Waals surface area (Å²) in [5, 5.41) is 2.96. The number of para-hydroxylation sites is 1. The molecule has 1 aliphatic heterocycles. The van der Waals surface area contributed by atoms with Gasteiger partial charge in [0.05, 0.1) is 6.54 Å². The van der Waals surface area contributed by atoms with E-state index < -0.39 is 0 Å². The number of aryl methyl sites for hydroxylation is 2. The molecule has 4 rings (SSSR count). The number of aromatic nitrogens is 2. The maximum Gasteiger partial charge on any atom is 0.317 e. The second kappa shape index (κ2) is 7.55. The van der Waals surface area contributed by atoms with Gasteiger partial charge in [0.2, 0.25) is 0 Å². The summed E-state index contributed by atoms with van der Waals surface area (Å²) >= 11 is 0. The fourth-order valence-corrected chi connectivity index (χ4v) is 3.95. The molecule has 6 nitrogen and oxygen atoms in total. The van der Waals surface area contributed by atoms with Crippen LogP contribution in [0.3, 0.4) is 0 Å². The molecule has 0 bridgehead atoms. The number of rotatable bonds is 5. The van der Waals surface area contributed by atoms with Crippen molar-refractivity contribution in [3.8, 4) is 5.75 Å². The minimum atomic E-state index is -0.0903. The molecule has 1 N–H and O–H groups in total. The van der Waals surface area contributed by atoms with Crippen molar-refractivity contribution in [2.24, 2.45) is 0 Å². The zero-order valence-corrected chi connectivity index (χ0v) is 16.0. The first-order valence-corrected chi connectivity index (χ1v) is 9.69. The number of ether oxygens (including phenoxy) is 1. The lowest BCUT2D eigenvalue weighted by molar-refractivity contribution is 0.164. The Hall–Kier alpha value is -2.63. The highest BCUT2D eigenvalue weighted by Gasteiger charge is 2.25. The summed E-state index contributed by atoms with van der Waals surface area (Å²) in [6, 6.07) is 7.96. The molecule has 0 saturated carbocycles. The molecule has 142 valence electrons. The van der Waals surface area contributed by atoms with Crippen molar-refractivity contribution < 1.29 is 9.53 Å². The van der Waals surface area contributed by atoms with Crippen LogP contribution in [0.2, 0.25) is 0 Å². The number of hydrogen-bond donors (Lipinski definition) is 1. The minimum absolute atomic E-state index is 0.0147. The number of carbonyl (C=O) groups excluding carboxylic acids is 1. The maximum atomic E-state index is 12.4. The number of amides is 2. The van der Waals surface area contributed by atoms with Gasteiger partial charge < -0.3 is 15.0 Å². The average molecular weight is 366 g/mol. The van der Waals surface area contributed by atoms with Crippen molar-refractivity contribution in [2.75, 3.05) is 20.1 Å². The molecule has 1 aromatic heterocycles. The van der Waals surface area contributed by atoms with Crippen LogP contribution in [-0.4, -0.2) is 47.1 Å². The van der Waals surface area contributed by atoms with Gasteiger partial charge in [-0.3, -0.25) is 0 Å². The molecular weight excluding hydrogens is 340 g/mol. The van der Waals surface area contributed by atoms with Crippen LogP contribution in [0.5, 0.6) is 5.75 Å². The summed E-state index contributed by atoms with van der Waals surface area (Å²) in [7, 11) is 1.80. The first-order chi connectivity index (χ1) is 13.1.